The second-order valence-corrected chi connectivity index (χ2v) is 8.01. The first-order chi connectivity index (χ1) is 12.9. The Bertz CT molecular complexity index is 607. The summed E-state index contributed by atoms with van der Waals surface area (Å²) >= 11 is 0. The lowest BCUT2D eigenvalue weighted by molar-refractivity contribution is -0.128. The Kier molecular flexibility index (Phi) is 10.6. The van der Waals surface area contributed by atoms with Gasteiger partial charge in [0, 0.05) is 43.3 Å². The minimum Gasteiger partial charge on any atom is -0.371 e. The highest BCUT2D eigenvalue weighted by atomic mass is 127. The van der Waals surface area contributed by atoms with Gasteiger partial charge in [-0.2, -0.15) is 0 Å². The number of anilines is 1. The number of nitrogens with zero attached hydrogens (tertiary/aromatic N) is 2. The van der Waals surface area contributed by atoms with Gasteiger partial charge in [-0.15, -0.1) is 24.0 Å². The lowest BCUT2D eigenvalue weighted by Gasteiger charge is -2.34. The number of guanidine groups is 1. The average molecular weight is 501 g/mol. The number of nitrogens with one attached hydrogen (secondary N) is 3. The van der Waals surface area contributed by atoms with Crippen LogP contribution >= 0.6 is 24.0 Å². The third-order valence-electron chi connectivity index (χ3n) is 4.65. The zero-order chi connectivity index (χ0) is 19.7. The SMILES string of the molecule is CCNC(=NCCNC(=O)C(C)(C)C)NC1CCN(c2ccccc2)CC1.I. The predicted molar refractivity (Wildman–Crippen MR) is 129 cm³/mol. The molecule has 2 rings (SSSR count). The fourth-order valence-electron chi connectivity index (χ4n) is 3.04. The van der Waals surface area contributed by atoms with Crippen LogP contribution in [0.2, 0.25) is 0 Å². The number of aliphatic imine (C=N–C) groups is 1. The van der Waals surface area contributed by atoms with Crippen molar-refractivity contribution in [3.63, 3.8) is 0 Å². The van der Waals surface area contributed by atoms with E-state index in [9.17, 15) is 4.79 Å². The first-order valence-electron chi connectivity index (χ1n) is 10.0. The Hall–Kier alpha value is -1.51. The molecule has 0 unspecified atom stereocenters. The van der Waals surface area contributed by atoms with E-state index in [-0.39, 0.29) is 35.3 Å². The molecule has 0 aromatic heterocycles. The van der Waals surface area contributed by atoms with E-state index in [0.29, 0.717) is 19.1 Å². The highest BCUT2D eigenvalue weighted by molar-refractivity contribution is 14.0. The van der Waals surface area contributed by atoms with Crippen LogP contribution in [0.4, 0.5) is 5.69 Å². The molecule has 158 valence electrons. The summed E-state index contributed by atoms with van der Waals surface area (Å²) in [5.41, 5.74) is 0.935. The molecule has 0 spiro atoms. The summed E-state index contributed by atoms with van der Waals surface area (Å²) in [5.74, 6) is 0.893. The summed E-state index contributed by atoms with van der Waals surface area (Å²) in [6.07, 6.45) is 2.17. The van der Waals surface area contributed by atoms with Gasteiger partial charge in [-0.05, 0) is 31.9 Å². The molecular formula is C21H36IN5O. The number of rotatable bonds is 6. The van der Waals surface area contributed by atoms with Crippen LogP contribution in [0.1, 0.15) is 40.5 Å². The zero-order valence-electron chi connectivity index (χ0n) is 17.6. The normalized spacial score (nSPS) is 15.6. The van der Waals surface area contributed by atoms with Gasteiger partial charge >= 0.3 is 0 Å². The Balaban J connectivity index is 0.00000392. The zero-order valence-corrected chi connectivity index (χ0v) is 20.0. The highest BCUT2D eigenvalue weighted by Crippen LogP contribution is 2.19. The molecule has 7 heteroatoms. The summed E-state index contributed by atoms with van der Waals surface area (Å²) < 4.78 is 0. The van der Waals surface area contributed by atoms with Crippen LogP contribution in [0.15, 0.2) is 35.3 Å². The highest BCUT2D eigenvalue weighted by Gasteiger charge is 2.21. The van der Waals surface area contributed by atoms with Crippen molar-refractivity contribution in [1.29, 1.82) is 0 Å². The number of benzene rings is 1. The van der Waals surface area contributed by atoms with Gasteiger partial charge in [0.15, 0.2) is 5.96 Å². The van der Waals surface area contributed by atoms with Crippen molar-refractivity contribution in [2.75, 3.05) is 37.6 Å². The summed E-state index contributed by atoms with van der Waals surface area (Å²) in [4.78, 5) is 18.9. The maximum absolute atomic E-state index is 11.9. The summed E-state index contributed by atoms with van der Waals surface area (Å²) in [5, 5.41) is 9.79. The minimum absolute atomic E-state index is 0. The van der Waals surface area contributed by atoms with Gasteiger partial charge in [-0.1, -0.05) is 39.0 Å². The van der Waals surface area contributed by atoms with Crippen molar-refractivity contribution in [2.24, 2.45) is 10.4 Å². The average Bonchev–Trinajstić information content (AvgIpc) is 2.65. The van der Waals surface area contributed by atoms with Gasteiger partial charge in [0.25, 0.3) is 0 Å². The quantitative estimate of drug-likeness (QED) is 0.243. The van der Waals surface area contributed by atoms with E-state index in [2.05, 4.69) is 63.1 Å². The number of piperidine rings is 1. The van der Waals surface area contributed by atoms with E-state index in [1.54, 1.807) is 0 Å². The van der Waals surface area contributed by atoms with E-state index in [1.165, 1.54) is 5.69 Å². The van der Waals surface area contributed by atoms with Crippen molar-refractivity contribution < 1.29 is 4.79 Å². The van der Waals surface area contributed by atoms with Crippen LogP contribution in [-0.4, -0.2) is 50.6 Å². The van der Waals surface area contributed by atoms with E-state index in [0.717, 1.165) is 38.4 Å². The summed E-state index contributed by atoms with van der Waals surface area (Å²) in [7, 11) is 0. The van der Waals surface area contributed by atoms with Gasteiger partial charge in [0.1, 0.15) is 0 Å². The molecule has 1 aromatic carbocycles. The largest absolute Gasteiger partial charge is 0.371 e. The fourth-order valence-corrected chi connectivity index (χ4v) is 3.04. The molecule has 1 fully saturated rings. The van der Waals surface area contributed by atoms with E-state index >= 15 is 0 Å². The molecule has 0 saturated carbocycles. The summed E-state index contributed by atoms with van der Waals surface area (Å²) in [6.45, 7) is 11.8. The van der Waals surface area contributed by atoms with E-state index in [4.69, 9.17) is 0 Å². The lowest BCUT2D eigenvalue weighted by Crippen LogP contribution is -2.49. The molecule has 3 N–H and O–H groups in total. The van der Waals surface area contributed by atoms with Gasteiger partial charge in [0.05, 0.1) is 6.54 Å². The Labute approximate surface area is 187 Å². The monoisotopic (exact) mass is 501 g/mol. The molecule has 0 radical (unpaired) electrons. The molecule has 1 saturated heterocycles. The Morgan fingerprint density at radius 3 is 2.36 bits per heavy atom. The van der Waals surface area contributed by atoms with Crippen molar-refractivity contribution in [2.45, 2.75) is 46.6 Å². The van der Waals surface area contributed by atoms with Crippen LogP contribution < -0.4 is 20.9 Å². The topological polar surface area (TPSA) is 68.8 Å². The number of carbonyl (C=O) groups excluding carboxylic acids is 1. The maximum Gasteiger partial charge on any atom is 0.225 e. The first kappa shape index (κ1) is 24.5. The van der Waals surface area contributed by atoms with E-state index < -0.39 is 0 Å². The number of halogens is 1. The van der Waals surface area contributed by atoms with Gasteiger partial charge in [-0.3, -0.25) is 9.79 Å². The van der Waals surface area contributed by atoms with Gasteiger partial charge in [0.2, 0.25) is 5.91 Å². The van der Waals surface area contributed by atoms with Gasteiger partial charge in [-0.25, -0.2) is 0 Å². The molecule has 28 heavy (non-hydrogen) atoms. The smallest absolute Gasteiger partial charge is 0.225 e. The number of para-hydroxylation sites is 1. The van der Waals surface area contributed by atoms with Crippen molar-refractivity contribution in [1.82, 2.24) is 16.0 Å². The predicted octanol–water partition coefficient (Wildman–Crippen LogP) is 2.99. The molecule has 1 amide bonds. The van der Waals surface area contributed by atoms with Crippen LogP contribution in [-0.2, 0) is 4.79 Å². The molecule has 0 atom stereocenters. The van der Waals surface area contributed by atoms with Crippen LogP contribution in [0.3, 0.4) is 0 Å². The molecule has 1 aromatic rings. The maximum atomic E-state index is 11.9. The molecule has 6 nitrogen and oxygen atoms in total. The Morgan fingerprint density at radius 1 is 1.14 bits per heavy atom. The summed E-state index contributed by atoms with van der Waals surface area (Å²) in [6, 6.07) is 11.0. The molecule has 0 bridgehead atoms. The molecule has 1 aliphatic rings. The van der Waals surface area contributed by atoms with E-state index in [1.807, 2.05) is 20.8 Å². The van der Waals surface area contributed by atoms with Crippen LogP contribution in [0.5, 0.6) is 0 Å². The molecule has 1 heterocycles. The third-order valence-corrected chi connectivity index (χ3v) is 4.65. The molecule has 0 aliphatic carbocycles. The number of hydrogen-bond acceptors (Lipinski definition) is 3. The second-order valence-electron chi connectivity index (χ2n) is 8.01. The third kappa shape index (κ3) is 8.24. The Morgan fingerprint density at radius 2 is 1.79 bits per heavy atom. The van der Waals surface area contributed by atoms with Crippen molar-refractivity contribution in [3.05, 3.63) is 30.3 Å². The van der Waals surface area contributed by atoms with Crippen LogP contribution in [0.25, 0.3) is 0 Å². The number of amides is 1. The molecule has 1 aliphatic heterocycles. The number of hydrogen-bond donors (Lipinski definition) is 3. The minimum atomic E-state index is -0.362. The lowest BCUT2D eigenvalue weighted by atomic mass is 9.96. The van der Waals surface area contributed by atoms with Crippen molar-refractivity contribution >= 4 is 41.5 Å². The van der Waals surface area contributed by atoms with Crippen molar-refractivity contribution in [3.8, 4) is 0 Å². The first-order valence-corrected chi connectivity index (χ1v) is 10.0. The van der Waals surface area contributed by atoms with Gasteiger partial charge < -0.3 is 20.9 Å². The molecular weight excluding hydrogens is 465 g/mol. The second kappa shape index (κ2) is 12.1. The number of carbonyl (C=O) groups is 1. The van der Waals surface area contributed by atoms with Crippen LogP contribution in [0, 0.1) is 5.41 Å². The standard InChI is InChI=1S/C21H35N5O.HI/c1-5-22-20(24-14-13-23-19(27)21(2,3)4)25-17-11-15-26(16-12-17)18-9-7-6-8-10-18;/h6-10,17H,5,11-16H2,1-4H3,(H,23,27)(H2,22,24,25);1H. The fraction of sp³-hybridized carbons (Fsp3) is 0.619.